The van der Waals surface area contributed by atoms with Crippen molar-refractivity contribution < 1.29 is 18.3 Å². The third-order valence-corrected chi connectivity index (χ3v) is 3.56. The zero-order chi connectivity index (χ0) is 15.4. The fourth-order valence-electron chi connectivity index (χ4n) is 1.86. The third-order valence-electron chi connectivity index (χ3n) is 2.84. The molecule has 1 unspecified atom stereocenters. The van der Waals surface area contributed by atoms with Gasteiger partial charge in [0, 0.05) is 15.7 Å². The van der Waals surface area contributed by atoms with Gasteiger partial charge in [-0.05, 0) is 36.4 Å². The van der Waals surface area contributed by atoms with Crippen molar-refractivity contribution in [2.75, 3.05) is 12.4 Å². The Morgan fingerprint density at radius 1 is 1.19 bits per heavy atom. The number of benzene rings is 2. The number of methoxy groups -OCH3 is 1. The second kappa shape index (κ2) is 6.67. The van der Waals surface area contributed by atoms with Crippen LogP contribution in [-0.4, -0.2) is 13.1 Å². The average Bonchev–Trinajstić information content (AvgIpc) is 2.47. The molecule has 110 valence electrons. The molecular formula is C15H12BrF2NO2. The summed E-state index contributed by atoms with van der Waals surface area (Å²) in [5.74, 6) is -1.53. The predicted octanol–water partition coefficient (Wildman–Crippen LogP) is 4.05. The van der Waals surface area contributed by atoms with Gasteiger partial charge in [0.25, 0.3) is 0 Å². The summed E-state index contributed by atoms with van der Waals surface area (Å²) in [5.41, 5.74) is 0.757. The molecule has 2 rings (SSSR count). The van der Waals surface area contributed by atoms with Crippen LogP contribution in [0.2, 0.25) is 0 Å². The van der Waals surface area contributed by atoms with Crippen LogP contribution in [0.25, 0.3) is 0 Å². The molecule has 2 aromatic carbocycles. The minimum absolute atomic E-state index is 0.367. The van der Waals surface area contributed by atoms with E-state index < -0.39 is 23.6 Å². The summed E-state index contributed by atoms with van der Waals surface area (Å²) in [6.45, 7) is 0. The van der Waals surface area contributed by atoms with Crippen LogP contribution in [0.15, 0.2) is 46.9 Å². The van der Waals surface area contributed by atoms with Crippen molar-refractivity contribution in [1.82, 2.24) is 0 Å². The molecule has 2 aromatic rings. The Morgan fingerprint density at radius 3 is 2.57 bits per heavy atom. The second-order valence-electron chi connectivity index (χ2n) is 4.28. The molecule has 0 bridgehead atoms. The summed E-state index contributed by atoms with van der Waals surface area (Å²) in [4.78, 5) is 11.9. The van der Waals surface area contributed by atoms with E-state index in [1.165, 1.54) is 43.5 Å². The van der Waals surface area contributed by atoms with Crippen molar-refractivity contribution in [1.29, 1.82) is 0 Å². The molecule has 0 amide bonds. The Bertz CT molecular complexity index is 664. The molecule has 21 heavy (non-hydrogen) atoms. The van der Waals surface area contributed by atoms with Crippen molar-refractivity contribution in [3.63, 3.8) is 0 Å². The van der Waals surface area contributed by atoms with E-state index in [1.54, 1.807) is 6.07 Å². The molecule has 0 heterocycles. The van der Waals surface area contributed by atoms with E-state index >= 15 is 0 Å². The molecule has 0 aromatic heterocycles. The number of nitrogens with one attached hydrogen (secondary N) is 1. The molecule has 3 nitrogen and oxygen atoms in total. The van der Waals surface area contributed by atoms with E-state index in [4.69, 9.17) is 4.74 Å². The van der Waals surface area contributed by atoms with Gasteiger partial charge < -0.3 is 10.1 Å². The zero-order valence-corrected chi connectivity index (χ0v) is 12.7. The molecule has 0 aliphatic rings. The Hall–Kier alpha value is -1.95. The van der Waals surface area contributed by atoms with Crippen LogP contribution < -0.4 is 5.32 Å². The lowest BCUT2D eigenvalue weighted by Gasteiger charge is -2.19. The lowest BCUT2D eigenvalue weighted by atomic mass is 10.1. The van der Waals surface area contributed by atoms with Gasteiger partial charge in [-0.3, -0.25) is 0 Å². The quantitative estimate of drug-likeness (QED) is 0.840. The van der Waals surface area contributed by atoms with Gasteiger partial charge >= 0.3 is 5.97 Å². The van der Waals surface area contributed by atoms with Gasteiger partial charge in [0.1, 0.15) is 11.6 Å². The summed E-state index contributed by atoms with van der Waals surface area (Å²) in [7, 11) is 1.23. The molecule has 0 aliphatic carbocycles. The zero-order valence-electron chi connectivity index (χ0n) is 11.1. The number of esters is 1. The average molecular weight is 356 g/mol. The summed E-state index contributed by atoms with van der Waals surface area (Å²) in [5, 5.41) is 2.84. The van der Waals surface area contributed by atoms with Crippen molar-refractivity contribution in [3.8, 4) is 0 Å². The lowest BCUT2D eigenvalue weighted by molar-refractivity contribution is -0.141. The standard InChI is InChI=1S/C15H12BrF2NO2/c1-21-15(20)14(12-8-10(18)5-6-13(12)16)19-11-4-2-3-9(17)7-11/h2-8,14,19H,1H3. The molecule has 0 aliphatic heterocycles. The maximum Gasteiger partial charge on any atom is 0.333 e. The van der Waals surface area contributed by atoms with E-state index in [1.807, 2.05) is 0 Å². The van der Waals surface area contributed by atoms with Crippen molar-refractivity contribution in [2.24, 2.45) is 0 Å². The SMILES string of the molecule is COC(=O)C(Nc1cccc(F)c1)c1cc(F)ccc1Br. The van der Waals surface area contributed by atoms with Crippen molar-refractivity contribution in [3.05, 3.63) is 64.1 Å². The fourth-order valence-corrected chi connectivity index (χ4v) is 2.34. The first-order valence-electron chi connectivity index (χ1n) is 6.06. The molecular weight excluding hydrogens is 344 g/mol. The number of anilines is 1. The minimum atomic E-state index is -0.957. The number of hydrogen-bond acceptors (Lipinski definition) is 3. The van der Waals surface area contributed by atoms with Crippen LogP contribution in [0.5, 0.6) is 0 Å². The Kier molecular flexibility index (Phi) is 4.90. The van der Waals surface area contributed by atoms with Crippen LogP contribution in [0, 0.1) is 11.6 Å². The van der Waals surface area contributed by atoms with E-state index in [9.17, 15) is 13.6 Å². The summed E-state index contributed by atoms with van der Waals surface area (Å²) in [6.07, 6.45) is 0. The number of carbonyl (C=O) groups excluding carboxylic acids is 1. The maximum absolute atomic E-state index is 13.4. The van der Waals surface area contributed by atoms with Crippen LogP contribution in [0.4, 0.5) is 14.5 Å². The number of hydrogen-bond donors (Lipinski definition) is 1. The monoisotopic (exact) mass is 355 g/mol. The van der Waals surface area contributed by atoms with Crippen LogP contribution in [-0.2, 0) is 9.53 Å². The van der Waals surface area contributed by atoms with E-state index in [2.05, 4.69) is 21.2 Å². The molecule has 0 spiro atoms. The van der Waals surface area contributed by atoms with E-state index in [0.717, 1.165) is 0 Å². The van der Waals surface area contributed by atoms with Gasteiger partial charge in [0.05, 0.1) is 7.11 Å². The van der Waals surface area contributed by atoms with Gasteiger partial charge in [0.2, 0.25) is 0 Å². The number of ether oxygens (including phenoxy) is 1. The van der Waals surface area contributed by atoms with Gasteiger partial charge in [-0.25, -0.2) is 13.6 Å². The molecule has 6 heteroatoms. The Labute approximate surface area is 129 Å². The van der Waals surface area contributed by atoms with Gasteiger partial charge in [-0.1, -0.05) is 22.0 Å². The van der Waals surface area contributed by atoms with E-state index in [0.29, 0.717) is 15.7 Å². The van der Waals surface area contributed by atoms with Gasteiger partial charge in [-0.15, -0.1) is 0 Å². The summed E-state index contributed by atoms with van der Waals surface area (Å²) >= 11 is 3.27. The normalized spacial score (nSPS) is 11.8. The number of rotatable bonds is 4. The van der Waals surface area contributed by atoms with Crippen molar-refractivity contribution >= 4 is 27.6 Å². The topological polar surface area (TPSA) is 38.3 Å². The molecule has 0 fully saturated rings. The smallest absolute Gasteiger partial charge is 0.333 e. The largest absolute Gasteiger partial charge is 0.467 e. The first-order chi connectivity index (χ1) is 10.0. The fraction of sp³-hybridized carbons (Fsp3) is 0.133. The molecule has 0 radical (unpaired) electrons. The highest BCUT2D eigenvalue weighted by atomic mass is 79.9. The molecule has 1 N–H and O–H groups in total. The maximum atomic E-state index is 13.4. The highest BCUT2D eigenvalue weighted by Crippen LogP contribution is 2.28. The Balaban J connectivity index is 2.39. The lowest BCUT2D eigenvalue weighted by Crippen LogP contribution is -2.23. The number of halogens is 3. The van der Waals surface area contributed by atoms with Crippen molar-refractivity contribution in [2.45, 2.75) is 6.04 Å². The molecule has 0 saturated carbocycles. The highest BCUT2D eigenvalue weighted by molar-refractivity contribution is 9.10. The summed E-state index contributed by atoms with van der Waals surface area (Å²) in [6, 6.07) is 8.66. The van der Waals surface area contributed by atoms with Crippen LogP contribution in [0.1, 0.15) is 11.6 Å². The second-order valence-corrected chi connectivity index (χ2v) is 5.13. The Morgan fingerprint density at radius 2 is 1.90 bits per heavy atom. The molecule has 0 saturated heterocycles. The highest BCUT2D eigenvalue weighted by Gasteiger charge is 2.24. The minimum Gasteiger partial charge on any atom is -0.467 e. The number of carbonyl (C=O) groups is 1. The van der Waals surface area contributed by atoms with Gasteiger partial charge in [0.15, 0.2) is 6.04 Å². The first-order valence-corrected chi connectivity index (χ1v) is 6.85. The first kappa shape index (κ1) is 15.4. The summed E-state index contributed by atoms with van der Waals surface area (Å²) < 4.78 is 31.9. The van der Waals surface area contributed by atoms with Crippen LogP contribution >= 0.6 is 15.9 Å². The molecule has 1 atom stereocenters. The third kappa shape index (κ3) is 3.78. The predicted molar refractivity (Wildman–Crippen MR) is 78.9 cm³/mol. The van der Waals surface area contributed by atoms with Gasteiger partial charge in [-0.2, -0.15) is 0 Å². The van der Waals surface area contributed by atoms with Crippen LogP contribution in [0.3, 0.4) is 0 Å². The van der Waals surface area contributed by atoms with E-state index in [-0.39, 0.29) is 0 Å².